The highest BCUT2D eigenvalue weighted by molar-refractivity contribution is 5.56. The van der Waals surface area contributed by atoms with Crippen molar-refractivity contribution in [3.63, 3.8) is 0 Å². The fraction of sp³-hybridized carbons (Fsp3) is 0.600. The van der Waals surface area contributed by atoms with E-state index >= 15 is 0 Å². The van der Waals surface area contributed by atoms with Gasteiger partial charge >= 0.3 is 0 Å². The molecule has 0 aromatic heterocycles. The molecule has 0 saturated carbocycles. The van der Waals surface area contributed by atoms with Crippen LogP contribution in [0.1, 0.15) is 30.0 Å². The maximum absolute atomic E-state index is 5.60. The van der Waals surface area contributed by atoms with Gasteiger partial charge in [-0.25, -0.2) is 0 Å². The van der Waals surface area contributed by atoms with E-state index in [0.29, 0.717) is 5.92 Å². The Morgan fingerprint density at radius 1 is 1.12 bits per heavy atom. The summed E-state index contributed by atoms with van der Waals surface area (Å²) in [6, 6.07) is 4.56. The van der Waals surface area contributed by atoms with Gasteiger partial charge in [-0.05, 0) is 62.4 Å². The average molecular weight is 234 g/mol. The Kier molecular flexibility index (Phi) is 5.01. The van der Waals surface area contributed by atoms with Crippen LogP contribution in [-0.2, 0) is 0 Å². The Balaban J connectivity index is 2.81. The molecule has 1 aromatic rings. The molecule has 0 amide bonds. The van der Waals surface area contributed by atoms with Crippen LogP contribution in [0, 0.1) is 26.7 Å². The normalized spacial score (nSPS) is 12.6. The number of aryl methyl sites for hydroxylation is 3. The monoisotopic (exact) mass is 234 g/mol. The van der Waals surface area contributed by atoms with Gasteiger partial charge in [0.15, 0.2) is 0 Å². The van der Waals surface area contributed by atoms with Crippen LogP contribution in [-0.4, -0.2) is 20.1 Å². The van der Waals surface area contributed by atoms with Gasteiger partial charge in [-0.15, -0.1) is 0 Å². The zero-order valence-corrected chi connectivity index (χ0v) is 11.9. The van der Waals surface area contributed by atoms with Gasteiger partial charge in [0.2, 0.25) is 0 Å². The van der Waals surface area contributed by atoms with Crippen LogP contribution in [0.2, 0.25) is 0 Å². The molecule has 0 heterocycles. The second-order valence-electron chi connectivity index (χ2n) is 5.29. The first-order chi connectivity index (χ1) is 7.95. The summed E-state index contributed by atoms with van der Waals surface area (Å²) in [5.41, 5.74) is 11.0. The molecule has 96 valence electrons. The van der Waals surface area contributed by atoms with Gasteiger partial charge in [0.05, 0.1) is 0 Å². The number of rotatable bonds is 5. The van der Waals surface area contributed by atoms with Crippen molar-refractivity contribution < 1.29 is 0 Å². The summed E-state index contributed by atoms with van der Waals surface area (Å²) in [5, 5.41) is 0. The van der Waals surface area contributed by atoms with Crippen LogP contribution in [0.3, 0.4) is 0 Å². The first kappa shape index (κ1) is 14.0. The Hall–Kier alpha value is -1.02. The van der Waals surface area contributed by atoms with Gasteiger partial charge in [0.1, 0.15) is 0 Å². The molecule has 0 aliphatic rings. The quantitative estimate of drug-likeness (QED) is 0.848. The van der Waals surface area contributed by atoms with Gasteiger partial charge in [-0.1, -0.05) is 13.0 Å². The smallest absolute Gasteiger partial charge is 0.0396 e. The summed E-state index contributed by atoms with van der Waals surface area (Å²) in [5.74, 6) is 0.644. The minimum absolute atomic E-state index is 0.644. The molecule has 0 aliphatic heterocycles. The lowest BCUT2D eigenvalue weighted by atomic mass is 10.0. The first-order valence-electron chi connectivity index (χ1n) is 6.44. The van der Waals surface area contributed by atoms with Crippen LogP contribution in [0.4, 0.5) is 5.69 Å². The van der Waals surface area contributed by atoms with Crippen molar-refractivity contribution in [1.82, 2.24) is 0 Å². The maximum Gasteiger partial charge on any atom is 0.0396 e. The Bertz CT molecular complexity index is 371. The van der Waals surface area contributed by atoms with Crippen molar-refractivity contribution in [3.05, 3.63) is 28.8 Å². The van der Waals surface area contributed by atoms with Crippen molar-refractivity contribution in [1.29, 1.82) is 0 Å². The lowest BCUT2D eigenvalue weighted by molar-refractivity contribution is 0.539. The van der Waals surface area contributed by atoms with Crippen LogP contribution < -0.4 is 10.6 Å². The Labute approximate surface area is 106 Å². The highest BCUT2D eigenvalue weighted by atomic mass is 15.1. The predicted molar refractivity (Wildman–Crippen MR) is 76.8 cm³/mol. The second kappa shape index (κ2) is 6.06. The molecule has 0 spiro atoms. The minimum atomic E-state index is 0.644. The number of nitrogens with two attached hydrogens (primary N) is 1. The minimum Gasteiger partial charge on any atom is -0.374 e. The van der Waals surface area contributed by atoms with E-state index in [-0.39, 0.29) is 0 Å². The molecular weight excluding hydrogens is 208 g/mol. The summed E-state index contributed by atoms with van der Waals surface area (Å²) in [7, 11) is 2.17. The molecule has 0 radical (unpaired) electrons. The SMILES string of the molecule is Cc1cc(C)c(N(C)CC(C)CCN)cc1C. The van der Waals surface area contributed by atoms with Crippen LogP contribution in [0.25, 0.3) is 0 Å². The van der Waals surface area contributed by atoms with Gasteiger partial charge in [0.25, 0.3) is 0 Å². The van der Waals surface area contributed by atoms with Gasteiger partial charge < -0.3 is 10.6 Å². The highest BCUT2D eigenvalue weighted by Gasteiger charge is 2.10. The average Bonchev–Trinajstić information content (AvgIpc) is 2.23. The molecular formula is C15H26N2. The van der Waals surface area contributed by atoms with Crippen molar-refractivity contribution in [3.8, 4) is 0 Å². The van der Waals surface area contributed by atoms with Crippen molar-refractivity contribution in [2.45, 2.75) is 34.1 Å². The molecule has 0 saturated heterocycles. The van der Waals surface area contributed by atoms with Crippen LogP contribution >= 0.6 is 0 Å². The van der Waals surface area contributed by atoms with Crippen molar-refractivity contribution in [2.24, 2.45) is 11.7 Å². The summed E-state index contributed by atoms with van der Waals surface area (Å²) < 4.78 is 0. The topological polar surface area (TPSA) is 29.3 Å². The van der Waals surface area contributed by atoms with Gasteiger partial charge in [-0.2, -0.15) is 0 Å². The number of anilines is 1. The van der Waals surface area contributed by atoms with E-state index in [1.54, 1.807) is 0 Å². The van der Waals surface area contributed by atoms with E-state index in [9.17, 15) is 0 Å². The van der Waals surface area contributed by atoms with E-state index in [4.69, 9.17) is 5.73 Å². The lowest BCUT2D eigenvalue weighted by Gasteiger charge is -2.25. The molecule has 0 bridgehead atoms. The molecule has 1 aromatic carbocycles. The molecule has 2 heteroatoms. The van der Waals surface area contributed by atoms with Crippen molar-refractivity contribution >= 4 is 5.69 Å². The Morgan fingerprint density at radius 3 is 2.29 bits per heavy atom. The van der Waals surface area contributed by atoms with E-state index < -0.39 is 0 Å². The third-order valence-corrected chi connectivity index (χ3v) is 3.47. The summed E-state index contributed by atoms with van der Waals surface area (Å²) in [6.45, 7) is 10.6. The number of benzene rings is 1. The molecule has 1 atom stereocenters. The number of hydrogen-bond donors (Lipinski definition) is 1. The molecule has 2 N–H and O–H groups in total. The van der Waals surface area contributed by atoms with Gasteiger partial charge in [-0.3, -0.25) is 0 Å². The molecule has 1 rings (SSSR count). The van der Waals surface area contributed by atoms with Crippen molar-refractivity contribution in [2.75, 3.05) is 25.0 Å². The van der Waals surface area contributed by atoms with E-state index in [2.05, 4.69) is 51.8 Å². The second-order valence-corrected chi connectivity index (χ2v) is 5.29. The number of nitrogens with zero attached hydrogens (tertiary/aromatic N) is 1. The van der Waals surface area contributed by atoms with E-state index in [1.165, 1.54) is 22.4 Å². The van der Waals surface area contributed by atoms with Gasteiger partial charge in [0, 0.05) is 19.3 Å². The van der Waals surface area contributed by atoms with Crippen LogP contribution in [0.5, 0.6) is 0 Å². The fourth-order valence-corrected chi connectivity index (χ4v) is 2.30. The van der Waals surface area contributed by atoms with E-state index in [1.807, 2.05) is 0 Å². The summed E-state index contributed by atoms with van der Waals surface area (Å²) in [6.07, 6.45) is 1.09. The maximum atomic E-state index is 5.60. The fourth-order valence-electron chi connectivity index (χ4n) is 2.30. The third-order valence-electron chi connectivity index (χ3n) is 3.47. The molecule has 1 unspecified atom stereocenters. The lowest BCUT2D eigenvalue weighted by Crippen LogP contribution is -2.26. The zero-order chi connectivity index (χ0) is 13.0. The van der Waals surface area contributed by atoms with Crippen LogP contribution in [0.15, 0.2) is 12.1 Å². The van der Waals surface area contributed by atoms with E-state index in [0.717, 1.165) is 19.5 Å². The standard InChI is InChI=1S/C15H26N2/c1-11(6-7-16)10-17(5)15-9-13(3)12(2)8-14(15)4/h8-9,11H,6-7,10,16H2,1-5H3. The zero-order valence-electron chi connectivity index (χ0n) is 11.9. The first-order valence-corrected chi connectivity index (χ1v) is 6.44. The largest absolute Gasteiger partial charge is 0.374 e. The Morgan fingerprint density at radius 2 is 1.71 bits per heavy atom. The highest BCUT2D eigenvalue weighted by Crippen LogP contribution is 2.24. The number of hydrogen-bond acceptors (Lipinski definition) is 2. The molecule has 0 fully saturated rings. The third kappa shape index (κ3) is 3.74. The molecule has 17 heavy (non-hydrogen) atoms. The summed E-state index contributed by atoms with van der Waals surface area (Å²) >= 11 is 0. The molecule has 0 aliphatic carbocycles. The molecule has 2 nitrogen and oxygen atoms in total. The predicted octanol–water partition coefficient (Wildman–Crippen LogP) is 3.03. The summed E-state index contributed by atoms with van der Waals surface area (Å²) in [4.78, 5) is 2.35.